The van der Waals surface area contributed by atoms with E-state index in [1.807, 2.05) is 9.80 Å². The Hall–Kier alpha value is -3.62. The van der Waals surface area contributed by atoms with Crippen LogP contribution in [0.5, 0.6) is 11.6 Å². The molecule has 0 atom stereocenters. The Kier molecular flexibility index (Phi) is 7.53. The van der Waals surface area contributed by atoms with E-state index in [1.165, 1.54) is 31.5 Å². The van der Waals surface area contributed by atoms with Crippen molar-refractivity contribution in [2.75, 3.05) is 56.4 Å². The molecule has 2 fully saturated rings. The van der Waals surface area contributed by atoms with Crippen LogP contribution < -0.4 is 19.3 Å². The average molecular weight is 548 g/mol. The number of rotatable bonds is 9. The fraction of sp³-hybridized carbons (Fsp3) is 0.417. The van der Waals surface area contributed by atoms with Crippen LogP contribution in [0.4, 0.5) is 21.5 Å². The van der Waals surface area contributed by atoms with Crippen molar-refractivity contribution in [3.63, 3.8) is 0 Å². The zero-order chi connectivity index (χ0) is 26.8. The van der Waals surface area contributed by atoms with Gasteiger partial charge in [-0.15, -0.1) is 0 Å². The Morgan fingerprint density at radius 1 is 1.34 bits per heavy atom. The number of nitro groups is 1. The van der Waals surface area contributed by atoms with Gasteiger partial charge in [-0.2, -0.15) is 0 Å². The Morgan fingerprint density at radius 3 is 2.87 bits per heavy atom. The van der Waals surface area contributed by atoms with Gasteiger partial charge in [0.1, 0.15) is 18.0 Å². The van der Waals surface area contributed by atoms with E-state index in [9.17, 15) is 20.0 Å². The third-order valence-electron chi connectivity index (χ3n) is 6.44. The number of benzene rings is 1. The predicted octanol–water partition coefficient (Wildman–Crippen LogP) is 3.27. The number of hydrogen-bond donors (Lipinski definition) is 1. The molecule has 1 aromatic carbocycles. The molecule has 1 aliphatic carbocycles. The van der Waals surface area contributed by atoms with Crippen LogP contribution in [-0.2, 0) is 8.98 Å². The number of halogens is 1. The first-order valence-electron chi connectivity index (χ1n) is 12.0. The third-order valence-corrected chi connectivity index (χ3v) is 7.17. The van der Waals surface area contributed by atoms with Gasteiger partial charge in [-0.25, -0.2) is 14.2 Å². The van der Waals surface area contributed by atoms with Gasteiger partial charge in [0.05, 0.1) is 41.8 Å². The van der Waals surface area contributed by atoms with Crippen molar-refractivity contribution in [2.45, 2.75) is 23.8 Å². The minimum atomic E-state index is -1.07. The lowest BCUT2D eigenvalue weighted by Gasteiger charge is -2.31. The third kappa shape index (κ3) is 5.47. The van der Waals surface area contributed by atoms with Crippen molar-refractivity contribution in [2.24, 2.45) is 0 Å². The quantitative estimate of drug-likeness (QED) is 0.281. The molecular weight excluding hydrogens is 521 g/mol. The SMILES string of the molecule is COc1c(N2CCN(CCOc3cc([N+](=O)[O-])ccn3)C2)c(F)cc2c1N(C1CC1)/C=C(/C(=O)O)COS2. The smallest absolute Gasteiger partial charge is 0.335 e. The number of anilines is 2. The van der Waals surface area contributed by atoms with E-state index >= 15 is 4.39 Å². The summed E-state index contributed by atoms with van der Waals surface area (Å²) in [4.78, 5) is 32.5. The number of carbonyl (C=O) groups is 1. The van der Waals surface area contributed by atoms with Crippen molar-refractivity contribution in [1.82, 2.24) is 9.88 Å². The maximum Gasteiger partial charge on any atom is 0.335 e. The number of aromatic nitrogens is 1. The van der Waals surface area contributed by atoms with Gasteiger partial charge >= 0.3 is 5.97 Å². The fourth-order valence-corrected chi connectivity index (χ4v) is 5.19. The molecule has 2 aliphatic heterocycles. The highest BCUT2D eigenvalue weighted by atomic mass is 32.2. The van der Waals surface area contributed by atoms with Crippen LogP contribution in [0.3, 0.4) is 0 Å². The first kappa shape index (κ1) is 26.0. The first-order chi connectivity index (χ1) is 18.4. The van der Waals surface area contributed by atoms with Gasteiger partial charge in [-0.1, -0.05) is 0 Å². The number of carboxylic acid groups (broad SMARTS) is 1. The van der Waals surface area contributed by atoms with Crippen molar-refractivity contribution >= 4 is 35.1 Å². The maximum absolute atomic E-state index is 15.5. The van der Waals surface area contributed by atoms with Crippen molar-refractivity contribution < 1.29 is 32.9 Å². The van der Waals surface area contributed by atoms with Gasteiger partial charge in [0.25, 0.3) is 5.69 Å². The predicted molar refractivity (Wildman–Crippen MR) is 136 cm³/mol. The van der Waals surface area contributed by atoms with Crippen LogP contribution >= 0.6 is 12.0 Å². The Morgan fingerprint density at radius 2 is 2.16 bits per heavy atom. The molecule has 0 unspecified atom stereocenters. The summed E-state index contributed by atoms with van der Waals surface area (Å²) in [5, 5.41) is 20.5. The minimum Gasteiger partial charge on any atom is -0.492 e. The van der Waals surface area contributed by atoms with Crippen molar-refractivity contribution in [1.29, 1.82) is 0 Å². The highest BCUT2D eigenvalue weighted by molar-refractivity contribution is 7.94. The van der Waals surface area contributed by atoms with E-state index in [4.69, 9.17) is 13.7 Å². The molecule has 12 nitrogen and oxygen atoms in total. The van der Waals surface area contributed by atoms with E-state index in [0.29, 0.717) is 48.3 Å². The molecule has 1 saturated heterocycles. The molecule has 1 N–H and O–H groups in total. The second-order valence-electron chi connectivity index (χ2n) is 9.01. The summed E-state index contributed by atoms with van der Waals surface area (Å²) in [6.45, 7) is 2.21. The fourth-order valence-electron chi connectivity index (χ4n) is 4.44. The molecule has 3 heterocycles. The number of methoxy groups -OCH3 is 1. The topological polar surface area (TPSA) is 131 Å². The van der Waals surface area contributed by atoms with Crippen LogP contribution in [0.25, 0.3) is 0 Å². The second kappa shape index (κ2) is 11.0. The van der Waals surface area contributed by atoms with Crippen LogP contribution in [0.2, 0.25) is 0 Å². The Bertz CT molecular complexity index is 1270. The van der Waals surface area contributed by atoms with Crippen LogP contribution in [0, 0.1) is 15.9 Å². The van der Waals surface area contributed by atoms with E-state index in [1.54, 1.807) is 6.20 Å². The van der Waals surface area contributed by atoms with E-state index in [0.717, 1.165) is 24.9 Å². The van der Waals surface area contributed by atoms with Crippen LogP contribution in [-0.4, -0.2) is 78.6 Å². The number of ether oxygens (including phenoxy) is 2. The summed E-state index contributed by atoms with van der Waals surface area (Å²) in [6, 6.07) is 4.07. The number of hydrogen-bond acceptors (Lipinski definition) is 11. The van der Waals surface area contributed by atoms with Gasteiger partial charge in [0, 0.05) is 56.2 Å². The molecule has 0 radical (unpaired) electrons. The highest BCUT2D eigenvalue weighted by Gasteiger charge is 2.37. The summed E-state index contributed by atoms with van der Waals surface area (Å²) in [5.74, 6) is -1.05. The van der Waals surface area contributed by atoms with Gasteiger partial charge in [0.2, 0.25) is 5.88 Å². The summed E-state index contributed by atoms with van der Waals surface area (Å²) >= 11 is 0.941. The minimum absolute atomic E-state index is 0.0991. The lowest BCUT2D eigenvalue weighted by Crippen LogP contribution is -2.30. The normalized spacial score (nSPS) is 19.3. The zero-order valence-electron chi connectivity index (χ0n) is 20.5. The van der Waals surface area contributed by atoms with Crippen molar-refractivity contribution in [3.8, 4) is 11.6 Å². The lowest BCUT2D eigenvalue weighted by atomic mass is 10.2. The summed E-state index contributed by atoms with van der Waals surface area (Å²) in [6.07, 6.45) is 4.67. The molecule has 38 heavy (non-hydrogen) atoms. The van der Waals surface area contributed by atoms with Gasteiger partial charge in [-0.3, -0.25) is 15.0 Å². The molecule has 0 spiro atoms. The number of pyridine rings is 1. The molecule has 14 heteroatoms. The number of fused-ring (bicyclic) bond motifs is 1. The molecule has 2 aromatic rings. The standard InChI is InChI=1S/C24H26FN5O7S/c1-35-23-21(28-7-6-27(14-28)8-9-36-20-10-17(30(33)34)4-5-26-20)18(25)11-19-22(23)29(16-2-3-16)12-15(24(31)32)13-37-38-19/h4-5,10-12,16H,2-3,6-9,13-14H2,1H3,(H,31,32)/b15-12+. The average Bonchev–Trinajstić information content (AvgIpc) is 3.62. The van der Waals surface area contributed by atoms with Crippen molar-refractivity contribution in [3.05, 3.63) is 52.1 Å². The van der Waals surface area contributed by atoms with Gasteiger partial charge in [0.15, 0.2) is 11.6 Å². The number of aliphatic carboxylic acids is 1. The number of carboxylic acids is 1. The summed E-state index contributed by atoms with van der Waals surface area (Å²) < 4.78 is 32.4. The Balaban J connectivity index is 1.35. The summed E-state index contributed by atoms with van der Waals surface area (Å²) in [7, 11) is 1.48. The van der Waals surface area contributed by atoms with Gasteiger partial charge < -0.3 is 28.6 Å². The first-order valence-corrected chi connectivity index (χ1v) is 12.7. The molecule has 3 aliphatic rings. The molecule has 1 saturated carbocycles. The molecule has 1 aromatic heterocycles. The van der Waals surface area contributed by atoms with E-state index in [2.05, 4.69) is 9.88 Å². The molecule has 5 rings (SSSR count). The number of nitrogens with zero attached hydrogens (tertiary/aromatic N) is 5. The monoisotopic (exact) mass is 547 g/mol. The largest absolute Gasteiger partial charge is 0.492 e. The molecular formula is C24H26FN5O7S. The molecule has 202 valence electrons. The highest BCUT2D eigenvalue weighted by Crippen LogP contribution is 2.50. The van der Waals surface area contributed by atoms with Crippen LogP contribution in [0.1, 0.15) is 12.8 Å². The van der Waals surface area contributed by atoms with Gasteiger partial charge in [-0.05, 0) is 18.9 Å². The second-order valence-corrected chi connectivity index (χ2v) is 9.85. The molecule has 0 bridgehead atoms. The zero-order valence-corrected chi connectivity index (χ0v) is 21.4. The Labute approximate surface area is 221 Å². The van der Waals surface area contributed by atoms with Crippen LogP contribution in [0.15, 0.2) is 41.1 Å². The summed E-state index contributed by atoms with van der Waals surface area (Å²) in [5.41, 5.74) is 0.895. The lowest BCUT2D eigenvalue weighted by molar-refractivity contribution is -0.385. The van der Waals surface area contributed by atoms with E-state index < -0.39 is 16.7 Å². The maximum atomic E-state index is 15.5. The molecule has 0 amide bonds. The van der Waals surface area contributed by atoms with E-state index in [-0.39, 0.29) is 36.4 Å².